The number of likely N-dealkylation sites (tertiary alicyclic amines) is 2. The predicted octanol–water partition coefficient (Wildman–Crippen LogP) is 13.2. The number of alkyl halides is 6. The first kappa shape index (κ1) is 67.1. The van der Waals surface area contributed by atoms with Crippen LogP contribution in [0.4, 0.5) is 26.3 Å². The topological polar surface area (TPSA) is 170 Å². The monoisotopic (exact) mass is 1300 g/mol. The maximum atomic E-state index is 13.1. The minimum absolute atomic E-state index is 0. The van der Waals surface area contributed by atoms with Gasteiger partial charge >= 0.3 is 17.9 Å². The number of methoxy groups -OCH3 is 3. The molecule has 476 valence electrons. The summed E-state index contributed by atoms with van der Waals surface area (Å²) < 4.78 is 127. The van der Waals surface area contributed by atoms with Crippen LogP contribution in [0, 0.1) is 38.5 Å². The average molecular weight is 1300 g/mol. The van der Waals surface area contributed by atoms with Crippen LogP contribution >= 0.6 is 47.2 Å². The number of nitrogens with zero attached hydrogens (tertiary/aromatic N) is 2. The molecule has 3 saturated carbocycles. The number of ether oxygens (including phenoxy) is 9. The standard InChI is InChI=1S/2C20H24ClF2NO4.C17H19ClO5.C3H5F2N.ClH/c2*1-11-14(18(25)26-3)8-15(21)17-16(11)27-19(2,28-17)12-4-6-13(7-5-12)24-9-20(22,23)10-24;1-9-12(16(20)21-3)8-13(18)15-14(9)22-17(2,23-15)10-4-6-11(19)7-5-10;4-3(5)1-6-2-3;/h2*8,12-13H,4-7,9-10H2,1-3H3;8,10H,4-7H2,1-3H3;6H,1-2H2;1H. The lowest BCUT2D eigenvalue weighted by Crippen LogP contribution is -2.61. The molecule has 3 saturated heterocycles. The van der Waals surface area contributed by atoms with Gasteiger partial charge in [0.05, 0.1) is 92.4 Å². The third kappa shape index (κ3) is 13.8. The van der Waals surface area contributed by atoms with Gasteiger partial charge in [0.2, 0.25) is 0 Å². The number of halogens is 10. The van der Waals surface area contributed by atoms with Gasteiger partial charge in [0.1, 0.15) is 5.78 Å². The van der Waals surface area contributed by atoms with Crippen LogP contribution in [0.25, 0.3) is 0 Å². The molecule has 12 rings (SSSR count). The molecule has 0 radical (unpaired) electrons. The Balaban J connectivity index is 0.000000159. The number of esters is 3. The number of rotatable bonds is 8. The van der Waals surface area contributed by atoms with Gasteiger partial charge in [0.15, 0.2) is 34.5 Å². The maximum Gasteiger partial charge on any atom is 0.338 e. The number of nitrogens with one attached hydrogen (secondary N) is 1. The van der Waals surface area contributed by atoms with E-state index in [1.807, 2.05) is 30.6 Å². The van der Waals surface area contributed by atoms with E-state index in [9.17, 15) is 45.5 Å². The molecule has 3 aliphatic carbocycles. The van der Waals surface area contributed by atoms with Crippen molar-refractivity contribution in [1.82, 2.24) is 15.1 Å². The highest BCUT2D eigenvalue weighted by Crippen LogP contribution is 2.55. The average Bonchev–Trinajstić information content (AvgIpc) is 1.71. The van der Waals surface area contributed by atoms with Crippen molar-refractivity contribution in [3.05, 3.63) is 66.6 Å². The fourth-order valence-corrected chi connectivity index (χ4v) is 13.5. The van der Waals surface area contributed by atoms with Crippen LogP contribution < -0.4 is 33.7 Å². The molecule has 0 bridgehead atoms. The third-order valence-electron chi connectivity index (χ3n) is 18.1. The van der Waals surface area contributed by atoms with Gasteiger partial charge in [0, 0.05) is 80.1 Å². The number of carbonyl (C=O) groups excluding carboxylic acids is 4. The molecule has 9 aliphatic rings. The normalized spacial score (nSPS) is 28.8. The SMILES string of the molecule is COC(=O)c1cc(Cl)c2c(c1C)OC(C)(C1CCC(=O)CC1)O2.COC(=O)c1cc(Cl)c2c(c1C)OC(C)(C1CCC(N3CC(F)(F)C3)CC1)O2.COC(=O)c1cc(Cl)c2c(c1C)OC(C)(C1CCC(N3CC(F)(F)C3)CC1)O2.Cl.FC1(F)CNC1. The van der Waals surface area contributed by atoms with E-state index in [4.69, 9.17) is 77.4 Å². The Morgan fingerprint density at radius 3 is 0.965 bits per heavy atom. The minimum Gasteiger partial charge on any atom is -0.465 e. The summed E-state index contributed by atoms with van der Waals surface area (Å²) in [5, 5.41) is 3.39. The Hall–Kier alpha value is -4.84. The smallest absolute Gasteiger partial charge is 0.338 e. The summed E-state index contributed by atoms with van der Waals surface area (Å²) in [7, 11) is 3.96. The van der Waals surface area contributed by atoms with E-state index in [2.05, 4.69) is 5.32 Å². The van der Waals surface area contributed by atoms with Gasteiger partial charge < -0.3 is 47.9 Å². The van der Waals surface area contributed by atoms with E-state index in [1.165, 1.54) is 33.5 Å². The second-order valence-electron chi connectivity index (χ2n) is 24.0. The number of ketones is 1. The van der Waals surface area contributed by atoms with Gasteiger partial charge in [0.25, 0.3) is 35.1 Å². The van der Waals surface area contributed by atoms with Crippen molar-refractivity contribution >= 4 is 70.9 Å². The van der Waals surface area contributed by atoms with Crippen molar-refractivity contribution in [3.8, 4) is 34.5 Å². The second-order valence-corrected chi connectivity index (χ2v) is 25.2. The number of hydrogen-bond donors (Lipinski definition) is 1. The molecule has 16 nitrogen and oxygen atoms in total. The molecule has 86 heavy (non-hydrogen) atoms. The summed E-state index contributed by atoms with van der Waals surface area (Å²) in [6, 6.07) is 5.01. The fraction of sp³-hybridized carbons (Fsp3) is 0.633. The first-order chi connectivity index (χ1) is 39.8. The van der Waals surface area contributed by atoms with Crippen LogP contribution in [-0.2, 0) is 19.0 Å². The molecule has 3 atom stereocenters. The lowest BCUT2D eigenvalue weighted by Gasteiger charge is -2.47. The summed E-state index contributed by atoms with van der Waals surface area (Å²) in [4.78, 5) is 51.0. The van der Waals surface area contributed by atoms with Crippen LogP contribution in [0.3, 0.4) is 0 Å². The van der Waals surface area contributed by atoms with Crippen molar-refractivity contribution in [2.75, 3.05) is 60.6 Å². The van der Waals surface area contributed by atoms with Crippen LogP contribution in [0.5, 0.6) is 34.5 Å². The Labute approximate surface area is 517 Å². The Kier molecular flexibility index (Phi) is 19.9. The van der Waals surface area contributed by atoms with Crippen molar-refractivity contribution in [3.63, 3.8) is 0 Å². The van der Waals surface area contributed by atoms with Crippen LogP contribution in [-0.4, -0.2) is 141 Å². The van der Waals surface area contributed by atoms with Crippen molar-refractivity contribution in [2.24, 2.45) is 17.8 Å². The Morgan fingerprint density at radius 2 is 0.733 bits per heavy atom. The zero-order valence-corrected chi connectivity index (χ0v) is 52.4. The number of benzene rings is 3. The molecule has 26 heteroatoms. The van der Waals surface area contributed by atoms with Crippen molar-refractivity contribution in [1.29, 1.82) is 0 Å². The molecular weight excluding hydrogens is 1230 g/mol. The summed E-state index contributed by atoms with van der Waals surface area (Å²) >= 11 is 19.0. The van der Waals surface area contributed by atoms with E-state index < -0.39 is 53.0 Å². The summed E-state index contributed by atoms with van der Waals surface area (Å²) in [6.07, 6.45) is 9.14. The molecule has 0 amide bonds. The van der Waals surface area contributed by atoms with Crippen molar-refractivity contribution < 1.29 is 88.2 Å². The largest absolute Gasteiger partial charge is 0.465 e. The highest BCUT2D eigenvalue weighted by atomic mass is 35.5. The van der Waals surface area contributed by atoms with Gasteiger partial charge in [-0.15, -0.1) is 12.4 Å². The quantitative estimate of drug-likeness (QED) is 0.128. The van der Waals surface area contributed by atoms with E-state index in [0.717, 1.165) is 64.2 Å². The van der Waals surface area contributed by atoms with Crippen LogP contribution in [0.15, 0.2) is 18.2 Å². The van der Waals surface area contributed by atoms with Crippen molar-refractivity contribution in [2.45, 2.75) is 166 Å². The zero-order chi connectivity index (χ0) is 61.9. The van der Waals surface area contributed by atoms with E-state index in [1.54, 1.807) is 26.8 Å². The van der Waals surface area contributed by atoms with Crippen LogP contribution in [0.1, 0.15) is 146 Å². The highest BCUT2D eigenvalue weighted by Gasteiger charge is 2.54. The molecule has 3 aromatic rings. The number of fused-ring (bicyclic) bond motifs is 3. The molecule has 6 fully saturated rings. The fourth-order valence-electron chi connectivity index (χ4n) is 12.8. The third-order valence-corrected chi connectivity index (χ3v) is 18.9. The molecule has 3 aromatic carbocycles. The van der Waals surface area contributed by atoms with Gasteiger partial charge in [-0.2, -0.15) is 0 Å². The summed E-state index contributed by atoms with van der Waals surface area (Å²) in [5.41, 5.74) is 2.97. The van der Waals surface area contributed by atoms with E-state index in [-0.39, 0.29) is 87.3 Å². The molecule has 6 heterocycles. The first-order valence-corrected chi connectivity index (χ1v) is 29.7. The molecular formula is C60H73Cl4F6N3O13. The highest BCUT2D eigenvalue weighted by molar-refractivity contribution is 6.33. The molecule has 1 N–H and O–H groups in total. The van der Waals surface area contributed by atoms with Gasteiger partial charge in [-0.05, 0) is 103 Å². The molecule has 3 unspecified atom stereocenters. The first-order valence-electron chi connectivity index (χ1n) is 28.6. The number of Topliss-reactive ketones (excluding diaryl/α,β-unsaturated/α-hetero) is 1. The Bertz CT molecular complexity index is 2930. The van der Waals surface area contributed by atoms with Gasteiger partial charge in [-0.25, -0.2) is 40.7 Å². The lowest BCUT2D eigenvalue weighted by atomic mass is 9.80. The molecule has 0 aromatic heterocycles. The second kappa shape index (κ2) is 25.6. The Morgan fingerprint density at radius 1 is 0.477 bits per heavy atom. The van der Waals surface area contributed by atoms with Gasteiger partial charge in [-0.1, -0.05) is 34.8 Å². The number of carbonyl (C=O) groups is 4. The molecule has 0 spiro atoms. The van der Waals surface area contributed by atoms with E-state index >= 15 is 0 Å². The van der Waals surface area contributed by atoms with Crippen LogP contribution in [0.2, 0.25) is 15.1 Å². The number of hydrogen-bond acceptors (Lipinski definition) is 16. The summed E-state index contributed by atoms with van der Waals surface area (Å²) in [6.45, 7) is 10.1. The minimum atomic E-state index is -2.53. The summed E-state index contributed by atoms with van der Waals surface area (Å²) in [5.74, 6) is -8.17. The van der Waals surface area contributed by atoms with Gasteiger partial charge in [-0.3, -0.25) is 14.6 Å². The van der Waals surface area contributed by atoms with E-state index in [0.29, 0.717) is 95.8 Å². The molecule has 6 aliphatic heterocycles. The lowest BCUT2D eigenvalue weighted by molar-refractivity contribution is -0.162. The predicted molar refractivity (Wildman–Crippen MR) is 308 cm³/mol. The maximum absolute atomic E-state index is 13.1. The zero-order valence-electron chi connectivity index (χ0n) is 49.4.